The maximum Gasteiger partial charge on any atom is 0.392 e. The zero-order valence-electron chi connectivity index (χ0n) is 7.98. The molecule has 1 aliphatic carbocycles. The molecule has 1 aromatic rings. The minimum Gasteiger partial charge on any atom is -0.260 e. The van der Waals surface area contributed by atoms with Gasteiger partial charge in [0.25, 0.3) is 0 Å². The van der Waals surface area contributed by atoms with Crippen LogP contribution in [0, 0.1) is 12.8 Å². The highest BCUT2D eigenvalue weighted by Crippen LogP contribution is 2.56. The third-order valence-electron chi connectivity index (χ3n) is 2.69. The predicted octanol–water partition coefficient (Wildman–Crippen LogP) is 3.71. The van der Waals surface area contributed by atoms with Gasteiger partial charge in [0.05, 0.1) is 16.6 Å². The van der Waals surface area contributed by atoms with Crippen molar-refractivity contribution < 1.29 is 13.2 Å². The summed E-state index contributed by atoms with van der Waals surface area (Å²) in [5.74, 6) is -1.66. The second kappa shape index (κ2) is 3.37. The normalized spacial score (nSPS) is 25.4. The van der Waals surface area contributed by atoms with Crippen LogP contribution in [0.4, 0.5) is 13.2 Å². The number of alkyl halides is 3. The zero-order chi connectivity index (χ0) is 11.2. The summed E-state index contributed by atoms with van der Waals surface area (Å²) in [6.45, 7) is 1.72. The molecule has 0 radical (unpaired) electrons. The van der Waals surface area contributed by atoms with Gasteiger partial charge in [-0.25, -0.2) is 0 Å². The number of rotatable bonds is 1. The quantitative estimate of drug-likeness (QED) is 0.723. The highest BCUT2D eigenvalue weighted by molar-refractivity contribution is 6.31. The van der Waals surface area contributed by atoms with Crippen molar-refractivity contribution in [1.29, 1.82) is 0 Å². The van der Waals surface area contributed by atoms with Gasteiger partial charge in [0.15, 0.2) is 0 Å². The lowest BCUT2D eigenvalue weighted by atomic mass is 10.1. The van der Waals surface area contributed by atoms with E-state index in [9.17, 15) is 13.2 Å². The van der Waals surface area contributed by atoms with Gasteiger partial charge in [-0.2, -0.15) is 13.2 Å². The topological polar surface area (TPSA) is 12.9 Å². The fourth-order valence-electron chi connectivity index (χ4n) is 1.65. The molecule has 5 heteroatoms. The minimum absolute atomic E-state index is 0.157. The van der Waals surface area contributed by atoms with Gasteiger partial charge < -0.3 is 0 Å². The van der Waals surface area contributed by atoms with Crippen LogP contribution in [0.5, 0.6) is 0 Å². The number of halogens is 4. The minimum atomic E-state index is -4.10. The fraction of sp³-hybridized carbons (Fsp3) is 0.500. The molecule has 1 nitrogen and oxygen atoms in total. The Morgan fingerprint density at radius 3 is 2.60 bits per heavy atom. The second-order valence-electron chi connectivity index (χ2n) is 3.83. The van der Waals surface area contributed by atoms with Crippen LogP contribution in [0.2, 0.25) is 5.02 Å². The summed E-state index contributed by atoms with van der Waals surface area (Å²) in [6.07, 6.45) is -2.45. The Kier molecular flexibility index (Phi) is 2.41. The molecule has 0 saturated heterocycles. The Labute approximate surface area is 90.3 Å². The van der Waals surface area contributed by atoms with Crippen molar-refractivity contribution in [2.45, 2.75) is 25.4 Å². The average Bonchev–Trinajstić information content (AvgIpc) is 2.87. The van der Waals surface area contributed by atoms with Crippen LogP contribution in [-0.2, 0) is 0 Å². The summed E-state index contributed by atoms with van der Waals surface area (Å²) >= 11 is 5.80. The molecular formula is C10H9ClF3N. The van der Waals surface area contributed by atoms with Gasteiger partial charge in [-0.1, -0.05) is 11.6 Å². The first-order valence-electron chi connectivity index (χ1n) is 4.58. The molecule has 0 aromatic carbocycles. The zero-order valence-corrected chi connectivity index (χ0v) is 8.73. The van der Waals surface area contributed by atoms with Crippen LogP contribution < -0.4 is 0 Å². The number of aryl methyl sites for hydroxylation is 1. The predicted molar refractivity (Wildman–Crippen MR) is 50.9 cm³/mol. The van der Waals surface area contributed by atoms with Crippen molar-refractivity contribution in [2.75, 3.05) is 0 Å². The molecular weight excluding hydrogens is 227 g/mol. The molecule has 0 amide bonds. The van der Waals surface area contributed by atoms with Crippen LogP contribution in [0.1, 0.15) is 23.6 Å². The lowest BCUT2D eigenvalue weighted by Gasteiger charge is -2.06. The van der Waals surface area contributed by atoms with E-state index in [0.717, 1.165) is 0 Å². The number of aromatic nitrogens is 1. The average molecular weight is 236 g/mol. The Morgan fingerprint density at radius 1 is 1.47 bits per heavy atom. The highest BCUT2D eigenvalue weighted by Gasteiger charge is 2.56. The number of pyridine rings is 1. The fourth-order valence-corrected chi connectivity index (χ4v) is 1.82. The monoisotopic (exact) mass is 235 g/mol. The number of hydrogen-bond acceptors (Lipinski definition) is 1. The number of hydrogen-bond donors (Lipinski definition) is 0. The Balaban J connectivity index is 2.17. The third kappa shape index (κ3) is 2.09. The van der Waals surface area contributed by atoms with Gasteiger partial charge in [-0.05, 0) is 30.9 Å². The second-order valence-corrected chi connectivity index (χ2v) is 4.23. The molecule has 1 unspecified atom stereocenters. The van der Waals surface area contributed by atoms with Gasteiger partial charge >= 0.3 is 6.18 Å². The van der Waals surface area contributed by atoms with Gasteiger partial charge in [0.2, 0.25) is 0 Å². The Hall–Kier alpha value is -0.770. The van der Waals surface area contributed by atoms with Crippen molar-refractivity contribution in [1.82, 2.24) is 4.98 Å². The van der Waals surface area contributed by atoms with E-state index < -0.39 is 18.0 Å². The van der Waals surface area contributed by atoms with Crippen molar-refractivity contribution in [3.63, 3.8) is 0 Å². The van der Waals surface area contributed by atoms with E-state index in [1.54, 1.807) is 13.0 Å². The first-order chi connectivity index (χ1) is 6.89. The van der Waals surface area contributed by atoms with Crippen molar-refractivity contribution in [3.8, 4) is 0 Å². The molecule has 1 heterocycles. The number of nitrogens with zero attached hydrogens (tertiary/aromatic N) is 1. The van der Waals surface area contributed by atoms with E-state index in [4.69, 9.17) is 11.6 Å². The van der Waals surface area contributed by atoms with E-state index in [1.165, 1.54) is 6.20 Å². The molecule has 1 fully saturated rings. The largest absolute Gasteiger partial charge is 0.392 e. The standard InChI is InChI=1S/C10H9ClF3N/c1-5-9(11)2-6(4-15-5)7-3-8(7)10(12,13)14/h2,4,7-8H,3H2,1H3/t7?,8-/m0/s1. The van der Waals surface area contributed by atoms with Gasteiger partial charge in [0, 0.05) is 6.20 Å². The Bertz CT molecular complexity index is 389. The van der Waals surface area contributed by atoms with Crippen LogP contribution in [0.3, 0.4) is 0 Å². The molecule has 0 N–H and O–H groups in total. The molecule has 2 atom stereocenters. The maximum absolute atomic E-state index is 12.3. The first kappa shape index (κ1) is 10.7. The SMILES string of the molecule is Cc1ncc(C2C[C@@H]2C(F)(F)F)cc1Cl. The lowest BCUT2D eigenvalue weighted by molar-refractivity contribution is -0.148. The van der Waals surface area contributed by atoms with Crippen molar-refractivity contribution >= 4 is 11.6 Å². The third-order valence-corrected chi connectivity index (χ3v) is 3.07. The van der Waals surface area contributed by atoms with Crippen LogP contribution in [-0.4, -0.2) is 11.2 Å². The van der Waals surface area contributed by atoms with Gasteiger partial charge in [-0.3, -0.25) is 4.98 Å². The lowest BCUT2D eigenvalue weighted by Crippen LogP contribution is -2.11. The molecule has 0 bridgehead atoms. The summed E-state index contributed by atoms with van der Waals surface area (Å²) in [5, 5.41) is 0.431. The summed E-state index contributed by atoms with van der Waals surface area (Å²) < 4.78 is 36.9. The molecule has 2 rings (SSSR count). The molecule has 1 saturated carbocycles. The Morgan fingerprint density at radius 2 is 2.13 bits per heavy atom. The molecule has 1 aliphatic rings. The first-order valence-corrected chi connectivity index (χ1v) is 4.96. The van der Waals surface area contributed by atoms with Crippen molar-refractivity contribution in [3.05, 3.63) is 28.5 Å². The smallest absolute Gasteiger partial charge is 0.260 e. The molecule has 82 valence electrons. The van der Waals surface area contributed by atoms with E-state index in [1.807, 2.05) is 0 Å². The van der Waals surface area contributed by atoms with Crippen LogP contribution in [0.15, 0.2) is 12.3 Å². The summed E-state index contributed by atoms with van der Waals surface area (Å²) in [5.41, 5.74) is 1.23. The van der Waals surface area contributed by atoms with E-state index in [0.29, 0.717) is 16.3 Å². The van der Waals surface area contributed by atoms with Crippen LogP contribution >= 0.6 is 11.6 Å². The van der Waals surface area contributed by atoms with Crippen LogP contribution in [0.25, 0.3) is 0 Å². The highest BCUT2D eigenvalue weighted by atomic mass is 35.5. The van der Waals surface area contributed by atoms with E-state index >= 15 is 0 Å². The molecule has 1 aromatic heterocycles. The molecule has 15 heavy (non-hydrogen) atoms. The summed E-state index contributed by atoms with van der Waals surface area (Å²) in [7, 11) is 0. The van der Waals surface area contributed by atoms with Gasteiger partial charge in [0.1, 0.15) is 0 Å². The molecule has 0 spiro atoms. The summed E-state index contributed by atoms with van der Waals surface area (Å²) in [4.78, 5) is 3.96. The van der Waals surface area contributed by atoms with E-state index in [-0.39, 0.29) is 6.42 Å². The summed E-state index contributed by atoms with van der Waals surface area (Å²) in [6, 6.07) is 1.58. The maximum atomic E-state index is 12.3. The van der Waals surface area contributed by atoms with E-state index in [2.05, 4.69) is 4.98 Å². The molecule has 0 aliphatic heterocycles. The van der Waals surface area contributed by atoms with Gasteiger partial charge in [-0.15, -0.1) is 0 Å². The van der Waals surface area contributed by atoms with Crippen molar-refractivity contribution in [2.24, 2.45) is 5.92 Å².